The van der Waals surface area contributed by atoms with Gasteiger partial charge in [0.2, 0.25) is 0 Å². The van der Waals surface area contributed by atoms with Crippen molar-refractivity contribution in [2.45, 2.75) is 46.1 Å². The van der Waals surface area contributed by atoms with Gasteiger partial charge < -0.3 is 10.6 Å². The van der Waals surface area contributed by atoms with Crippen molar-refractivity contribution in [2.75, 3.05) is 11.9 Å². The van der Waals surface area contributed by atoms with Crippen molar-refractivity contribution in [3.63, 3.8) is 0 Å². The number of hydrogen-bond acceptors (Lipinski definition) is 2. The van der Waals surface area contributed by atoms with E-state index in [9.17, 15) is 4.79 Å². The van der Waals surface area contributed by atoms with E-state index in [1.165, 1.54) is 6.42 Å². The van der Waals surface area contributed by atoms with Crippen LogP contribution in [0.3, 0.4) is 0 Å². The molecule has 2 N–H and O–H groups in total. The second-order valence-electron chi connectivity index (χ2n) is 4.48. The molecule has 0 spiro atoms. The minimum atomic E-state index is -0.00955. The van der Waals surface area contributed by atoms with Crippen LogP contribution in [0.1, 0.15) is 50.4 Å². The van der Waals surface area contributed by atoms with Crippen molar-refractivity contribution in [1.29, 1.82) is 0 Å². The summed E-state index contributed by atoms with van der Waals surface area (Å²) in [4.78, 5) is 11.7. The molecule has 0 heterocycles. The second-order valence-corrected chi connectivity index (χ2v) is 4.48. The highest BCUT2D eigenvalue weighted by Gasteiger charge is 2.07. The number of amides is 1. The molecule has 0 fully saturated rings. The molecular weight excluding hydrogens is 224 g/mol. The first kappa shape index (κ1) is 14.6. The minimum absolute atomic E-state index is 0.00955. The van der Waals surface area contributed by atoms with Crippen LogP contribution in [-0.4, -0.2) is 18.5 Å². The predicted molar refractivity (Wildman–Crippen MR) is 77.1 cm³/mol. The summed E-state index contributed by atoms with van der Waals surface area (Å²) in [7, 11) is 0. The molecule has 18 heavy (non-hydrogen) atoms. The van der Waals surface area contributed by atoms with E-state index in [2.05, 4.69) is 24.5 Å². The van der Waals surface area contributed by atoms with Gasteiger partial charge >= 0.3 is 0 Å². The smallest absolute Gasteiger partial charge is 0.251 e. The fourth-order valence-electron chi connectivity index (χ4n) is 1.98. The van der Waals surface area contributed by atoms with Crippen LogP contribution in [0.25, 0.3) is 0 Å². The first-order chi connectivity index (χ1) is 8.71. The first-order valence-corrected chi connectivity index (χ1v) is 6.86. The van der Waals surface area contributed by atoms with Crippen LogP contribution in [0.2, 0.25) is 0 Å². The van der Waals surface area contributed by atoms with Crippen molar-refractivity contribution >= 4 is 11.6 Å². The molecule has 0 aromatic heterocycles. The summed E-state index contributed by atoms with van der Waals surface area (Å²) in [6, 6.07) is 8.19. The largest absolute Gasteiger partial charge is 0.382 e. The lowest BCUT2D eigenvalue weighted by molar-refractivity contribution is 0.0956. The summed E-state index contributed by atoms with van der Waals surface area (Å²) in [5.41, 5.74) is 1.74. The first-order valence-electron chi connectivity index (χ1n) is 6.86. The van der Waals surface area contributed by atoms with Gasteiger partial charge in [-0.25, -0.2) is 0 Å². The molecule has 3 nitrogen and oxygen atoms in total. The summed E-state index contributed by atoms with van der Waals surface area (Å²) >= 11 is 0. The summed E-state index contributed by atoms with van der Waals surface area (Å²) in [6.45, 7) is 6.95. The Balaban J connectivity index is 2.72. The van der Waals surface area contributed by atoms with E-state index < -0.39 is 0 Å². The van der Waals surface area contributed by atoms with Gasteiger partial charge in [-0.05, 0) is 38.0 Å². The van der Waals surface area contributed by atoms with Gasteiger partial charge in [0.1, 0.15) is 0 Å². The summed E-state index contributed by atoms with van der Waals surface area (Å²) < 4.78 is 0. The topological polar surface area (TPSA) is 41.1 Å². The maximum Gasteiger partial charge on any atom is 0.251 e. The van der Waals surface area contributed by atoms with Crippen LogP contribution in [0.4, 0.5) is 5.69 Å². The van der Waals surface area contributed by atoms with Crippen molar-refractivity contribution in [3.05, 3.63) is 29.8 Å². The molecule has 0 radical (unpaired) electrons. The Morgan fingerprint density at radius 2 is 2.06 bits per heavy atom. The maximum atomic E-state index is 11.7. The van der Waals surface area contributed by atoms with Crippen molar-refractivity contribution in [1.82, 2.24) is 5.32 Å². The Bertz CT molecular complexity index is 377. The number of benzene rings is 1. The Morgan fingerprint density at radius 3 is 2.67 bits per heavy atom. The third kappa shape index (κ3) is 4.40. The van der Waals surface area contributed by atoms with Gasteiger partial charge in [-0.3, -0.25) is 4.79 Å². The molecule has 1 amide bonds. The molecule has 1 aromatic rings. The average molecular weight is 248 g/mol. The molecule has 1 rings (SSSR count). The summed E-state index contributed by atoms with van der Waals surface area (Å²) in [5.74, 6) is -0.00955. The van der Waals surface area contributed by atoms with E-state index >= 15 is 0 Å². The Kier molecular flexibility index (Phi) is 6.26. The molecule has 1 atom stereocenters. The molecule has 0 aliphatic rings. The predicted octanol–water partition coefficient (Wildman–Crippen LogP) is 3.43. The molecule has 0 aliphatic carbocycles. The Hall–Kier alpha value is -1.51. The highest BCUT2D eigenvalue weighted by atomic mass is 16.1. The fraction of sp³-hybridized carbons (Fsp3) is 0.533. The molecule has 0 bridgehead atoms. The lowest BCUT2D eigenvalue weighted by atomic mass is 10.1. The van der Waals surface area contributed by atoms with Crippen LogP contribution in [-0.2, 0) is 0 Å². The van der Waals surface area contributed by atoms with E-state index in [1.807, 2.05) is 31.2 Å². The van der Waals surface area contributed by atoms with E-state index in [1.54, 1.807) is 0 Å². The van der Waals surface area contributed by atoms with Gasteiger partial charge in [0, 0.05) is 23.8 Å². The average Bonchev–Trinajstić information content (AvgIpc) is 2.39. The zero-order valence-electron chi connectivity index (χ0n) is 11.6. The second kappa shape index (κ2) is 7.75. The Labute approximate surface area is 110 Å². The van der Waals surface area contributed by atoms with E-state index in [4.69, 9.17) is 0 Å². The van der Waals surface area contributed by atoms with Crippen LogP contribution >= 0.6 is 0 Å². The van der Waals surface area contributed by atoms with Crippen LogP contribution < -0.4 is 10.6 Å². The van der Waals surface area contributed by atoms with Gasteiger partial charge in [-0.2, -0.15) is 0 Å². The van der Waals surface area contributed by atoms with Crippen LogP contribution in [0, 0.1) is 0 Å². The lowest BCUT2D eigenvalue weighted by Crippen LogP contribution is -2.23. The third-order valence-corrected chi connectivity index (χ3v) is 2.96. The highest BCUT2D eigenvalue weighted by Crippen LogP contribution is 2.15. The van der Waals surface area contributed by atoms with Gasteiger partial charge in [0.25, 0.3) is 5.91 Å². The number of nitrogens with one attached hydrogen (secondary N) is 2. The normalized spacial score (nSPS) is 11.9. The van der Waals surface area contributed by atoms with E-state index in [0.717, 1.165) is 18.5 Å². The van der Waals surface area contributed by atoms with Crippen molar-refractivity contribution in [3.8, 4) is 0 Å². The molecule has 1 unspecified atom stereocenters. The maximum absolute atomic E-state index is 11.7. The van der Waals surface area contributed by atoms with Gasteiger partial charge in [-0.1, -0.05) is 26.3 Å². The zero-order valence-corrected chi connectivity index (χ0v) is 11.6. The van der Waals surface area contributed by atoms with E-state index in [0.29, 0.717) is 18.2 Å². The molecule has 1 aromatic carbocycles. The monoisotopic (exact) mass is 248 g/mol. The molecule has 0 aliphatic heterocycles. The molecule has 0 saturated carbocycles. The third-order valence-electron chi connectivity index (χ3n) is 2.96. The molecule has 100 valence electrons. The number of carbonyl (C=O) groups excluding carboxylic acids is 1. The molecular formula is C15H24N2O. The molecule has 3 heteroatoms. The number of carbonyl (C=O) groups is 1. The standard InChI is InChI=1S/C15H24N2O/c1-4-8-13(5-2)17-14-10-7-9-12(11-14)15(18)16-6-3/h7,9-11,13,17H,4-6,8H2,1-3H3,(H,16,18). The van der Waals surface area contributed by atoms with Gasteiger partial charge in [0.05, 0.1) is 0 Å². The fourth-order valence-corrected chi connectivity index (χ4v) is 1.98. The number of hydrogen-bond donors (Lipinski definition) is 2. The zero-order chi connectivity index (χ0) is 13.4. The quantitative estimate of drug-likeness (QED) is 0.776. The highest BCUT2D eigenvalue weighted by molar-refractivity contribution is 5.95. The van der Waals surface area contributed by atoms with Crippen LogP contribution in [0.5, 0.6) is 0 Å². The minimum Gasteiger partial charge on any atom is -0.382 e. The SMILES string of the molecule is CCCC(CC)Nc1cccc(C(=O)NCC)c1. The summed E-state index contributed by atoms with van der Waals surface area (Å²) in [6.07, 6.45) is 3.42. The molecule has 0 saturated heterocycles. The van der Waals surface area contributed by atoms with Gasteiger partial charge in [-0.15, -0.1) is 0 Å². The van der Waals surface area contributed by atoms with E-state index in [-0.39, 0.29) is 5.91 Å². The van der Waals surface area contributed by atoms with Crippen molar-refractivity contribution in [2.24, 2.45) is 0 Å². The lowest BCUT2D eigenvalue weighted by Gasteiger charge is -2.18. The Morgan fingerprint density at radius 1 is 1.28 bits per heavy atom. The van der Waals surface area contributed by atoms with Crippen LogP contribution in [0.15, 0.2) is 24.3 Å². The van der Waals surface area contributed by atoms with Crippen molar-refractivity contribution < 1.29 is 4.79 Å². The number of anilines is 1. The number of rotatable bonds is 7. The summed E-state index contributed by atoms with van der Waals surface area (Å²) in [5, 5.41) is 6.30. The van der Waals surface area contributed by atoms with Gasteiger partial charge in [0.15, 0.2) is 0 Å².